The lowest BCUT2D eigenvalue weighted by Gasteiger charge is -2.37. The summed E-state index contributed by atoms with van der Waals surface area (Å²) in [5, 5.41) is 10.2. The molecule has 0 aromatic heterocycles. The van der Waals surface area contributed by atoms with Crippen molar-refractivity contribution in [2.24, 2.45) is 0 Å². The highest BCUT2D eigenvalue weighted by molar-refractivity contribution is 5.58. The zero-order valence-corrected chi connectivity index (χ0v) is 13.3. The fourth-order valence-electron chi connectivity index (χ4n) is 3.84. The zero-order chi connectivity index (χ0) is 15.9. The molecule has 3 nitrogen and oxygen atoms in total. The van der Waals surface area contributed by atoms with Crippen molar-refractivity contribution >= 4 is 0 Å². The molecule has 22 heavy (non-hydrogen) atoms. The van der Waals surface area contributed by atoms with Crippen LogP contribution in [0.25, 0.3) is 0 Å². The fraction of sp³-hybridized carbons (Fsp3) is 0.474. The van der Waals surface area contributed by atoms with Crippen LogP contribution < -0.4 is 4.74 Å². The molecule has 0 radical (unpaired) electrons. The first-order valence-electron chi connectivity index (χ1n) is 7.80. The fourth-order valence-corrected chi connectivity index (χ4v) is 3.84. The Hall–Kier alpha value is -1.92. The quantitative estimate of drug-likeness (QED) is 0.673. The SMILES string of the molecule is C#CC1Oc2c(O)ccc3c2C1(C)CCN(C)C(CC=C)C3. The third-order valence-corrected chi connectivity index (χ3v) is 5.26. The predicted octanol–water partition coefficient (Wildman–Crippen LogP) is 2.87. The zero-order valence-electron chi connectivity index (χ0n) is 13.3. The number of rotatable bonds is 2. The van der Waals surface area contributed by atoms with E-state index in [1.54, 1.807) is 6.07 Å². The van der Waals surface area contributed by atoms with Gasteiger partial charge in [-0.25, -0.2) is 0 Å². The van der Waals surface area contributed by atoms with E-state index >= 15 is 0 Å². The van der Waals surface area contributed by atoms with Crippen LogP contribution in [0.2, 0.25) is 0 Å². The van der Waals surface area contributed by atoms with Crippen LogP contribution in [0.3, 0.4) is 0 Å². The minimum atomic E-state index is -0.320. The van der Waals surface area contributed by atoms with Gasteiger partial charge >= 0.3 is 0 Å². The molecule has 0 bridgehead atoms. The van der Waals surface area contributed by atoms with Gasteiger partial charge in [-0.2, -0.15) is 0 Å². The molecule has 2 aliphatic rings. The molecule has 3 heteroatoms. The largest absolute Gasteiger partial charge is 0.504 e. The molecule has 0 fully saturated rings. The van der Waals surface area contributed by atoms with Crippen LogP contribution in [-0.4, -0.2) is 35.7 Å². The van der Waals surface area contributed by atoms with Crippen LogP contribution >= 0.6 is 0 Å². The number of likely N-dealkylation sites (N-methyl/N-ethyl adjacent to an activating group) is 1. The van der Waals surface area contributed by atoms with Crippen molar-refractivity contribution in [1.29, 1.82) is 0 Å². The second-order valence-corrected chi connectivity index (χ2v) is 6.64. The van der Waals surface area contributed by atoms with Gasteiger partial charge in [0, 0.05) is 17.0 Å². The number of benzene rings is 1. The molecule has 0 spiro atoms. The summed E-state index contributed by atoms with van der Waals surface area (Å²) < 4.78 is 5.93. The number of hydrogen-bond acceptors (Lipinski definition) is 3. The Bertz CT molecular complexity index is 646. The maximum absolute atomic E-state index is 10.2. The van der Waals surface area contributed by atoms with Crippen molar-refractivity contribution in [2.45, 2.75) is 43.7 Å². The maximum atomic E-state index is 10.2. The minimum absolute atomic E-state index is 0.192. The van der Waals surface area contributed by atoms with Crippen LogP contribution in [0.15, 0.2) is 24.8 Å². The van der Waals surface area contributed by atoms with Gasteiger partial charge in [0.25, 0.3) is 0 Å². The Morgan fingerprint density at radius 1 is 1.59 bits per heavy atom. The molecule has 116 valence electrons. The van der Waals surface area contributed by atoms with Gasteiger partial charge in [0.15, 0.2) is 17.6 Å². The van der Waals surface area contributed by atoms with Gasteiger partial charge in [0.1, 0.15) is 0 Å². The summed E-state index contributed by atoms with van der Waals surface area (Å²) in [4.78, 5) is 2.38. The predicted molar refractivity (Wildman–Crippen MR) is 88.3 cm³/mol. The monoisotopic (exact) mass is 297 g/mol. The third kappa shape index (κ3) is 2.10. The molecule has 3 rings (SSSR count). The van der Waals surface area contributed by atoms with Crippen LogP contribution in [0.4, 0.5) is 0 Å². The highest BCUT2D eigenvalue weighted by Gasteiger charge is 2.48. The summed E-state index contributed by atoms with van der Waals surface area (Å²) in [6.07, 6.45) is 10.1. The molecule has 0 saturated heterocycles. The normalized spacial score (nSPS) is 30.6. The topological polar surface area (TPSA) is 32.7 Å². The molecule has 3 atom stereocenters. The van der Waals surface area contributed by atoms with Gasteiger partial charge in [-0.15, -0.1) is 13.0 Å². The molecule has 2 aliphatic heterocycles. The third-order valence-electron chi connectivity index (χ3n) is 5.26. The van der Waals surface area contributed by atoms with Crippen molar-refractivity contribution in [1.82, 2.24) is 4.90 Å². The van der Waals surface area contributed by atoms with E-state index in [1.807, 2.05) is 12.1 Å². The van der Waals surface area contributed by atoms with Gasteiger partial charge in [-0.3, -0.25) is 0 Å². The summed E-state index contributed by atoms with van der Waals surface area (Å²) in [5.74, 6) is 3.55. The van der Waals surface area contributed by atoms with E-state index in [9.17, 15) is 5.11 Å². The Labute approximate surface area is 132 Å². The Balaban J connectivity index is 2.14. The average molecular weight is 297 g/mol. The van der Waals surface area contributed by atoms with Crippen LogP contribution in [-0.2, 0) is 11.8 Å². The maximum Gasteiger partial charge on any atom is 0.168 e. The second-order valence-electron chi connectivity index (χ2n) is 6.64. The molecular formula is C19H23NO2. The lowest BCUT2D eigenvalue weighted by molar-refractivity contribution is 0.161. The van der Waals surface area contributed by atoms with E-state index in [1.165, 1.54) is 5.56 Å². The standard InChI is InChI=1S/C19H23NO2/c1-5-7-14-12-13-8-9-15(21)18-17(13)19(3,10-11-20(14)4)16(6-2)22-18/h2,5,8-9,14,16,21H,1,7,10-12H2,3-4H3. The van der Waals surface area contributed by atoms with Crippen molar-refractivity contribution < 1.29 is 9.84 Å². The van der Waals surface area contributed by atoms with Crippen molar-refractivity contribution in [2.75, 3.05) is 13.6 Å². The molecule has 0 saturated carbocycles. The van der Waals surface area contributed by atoms with Crippen molar-refractivity contribution in [3.05, 3.63) is 35.9 Å². The van der Waals surface area contributed by atoms with E-state index < -0.39 is 0 Å². The summed E-state index contributed by atoms with van der Waals surface area (Å²) in [7, 11) is 2.16. The first-order valence-corrected chi connectivity index (χ1v) is 7.80. The summed E-state index contributed by atoms with van der Waals surface area (Å²) >= 11 is 0. The highest BCUT2D eigenvalue weighted by atomic mass is 16.5. The van der Waals surface area contributed by atoms with Gasteiger partial charge in [0.2, 0.25) is 0 Å². The lowest BCUT2D eigenvalue weighted by atomic mass is 9.72. The Morgan fingerprint density at radius 2 is 2.36 bits per heavy atom. The van der Waals surface area contributed by atoms with E-state index in [-0.39, 0.29) is 17.3 Å². The number of nitrogens with zero attached hydrogens (tertiary/aromatic N) is 1. The molecular weight excluding hydrogens is 274 g/mol. The summed E-state index contributed by atoms with van der Waals surface area (Å²) in [5.41, 5.74) is 2.09. The Kier molecular flexibility index (Phi) is 3.66. The van der Waals surface area contributed by atoms with Gasteiger partial charge in [-0.1, -0.05) is 25.0 Å². The van der Waals surface area contributed by atoms with Crippen LogP contribution in [0.1, 0.15) is 30.9 Å². The summed E-state index contributed by atoms with van der Waals surface area (Å²) in [6, 6.07) is 4.16. The molecule has 1 aromatic carbocycles. The van der Waals surface area contributed by atoms with E-state index in [2.05, 4.69) is 31.4 Å². The number of phenols is 1. The van der Waals surface area contributed by atoms with E-state index in [0.717, 1.165) is 31.4 Å². The Morgan fingerprint density at radius 3 is 3.05 bits per heavy atom. The molecule has 3 unspecified atom stereocenters. The number of phenolic OH excluding ortho intramolecular Hbond substituents is 1. The van der Waals surface area contributed by atoms with E-state index in [0.29, 0.717) is 11.8 Å². The van der Waals surface area contributed by atoms with Crippen molar-refractivity contribution in [3.63, 3.8) is 0 Å². The number of ether oxygens (including phenoxy) is 1. The van der Waals surface area contributed by atoms with Gasteiger partial charge < -0.3 is 14.7 Å². The highest BCUT2D eigenvalue weighted by Crippen LogP contribution is 2.51. The smallest absolute Gasteiger partial charge is 0.168 e. The number of terminal acetylenes is 1. The van der Waals surface area contributed by atoms with Crippen LogP contribution in [0.5, 0.6) is 11.5 Å². The first-order chi connectivity index (χ1) is 10.5. The molecule has 2 heterocycles. The van der Waals surface area contributed by atoms with Crippen molar-refractivity contribution in [3.8, 4) is 23.8 Å². The first kappa shape index (κ1) is 15.0. The lowest BCUT2D eigenvalue weighted by Crippen LogP contribution is -2.43. The average Bonchev–Trinajstić information content (AvgIpc) is 2.80. The minimum Gasteiger partial charge on any atom is -0.504 e. The number of hydrogen-bond donors (Lipinski definition) is 1. The van der Waals surface area contributed by atoms with Gasteiger partial charge in [0.05, 0.1) is 0 Å². The molecule has 1 aromatic rings. The number of aromatic hydroxyl groups is 1. The van der Waals surface area contributed by atoms with E-state index in [4.69, 9.17) is 11.2 Å². The second kappa shape index (κ2) is 5.37. The molecule has 1 N–H and O–H groups in total. The molecule has 0 aliphatic carbocycles. The molecule has 0 amide bonds. The summed E-state index contributed by atoms with van der Waals surface area (Å²) in [6.45, 7) is 6.99. The van der Waals surface area contributed by atoms with Gasteiger partial charge in [-0.05, 0) is 44.5 Å². The van der Waals surface area contributed by atoms with Crippen LogP contribution in [0, 0.1) is 12.3 Å².